The zero-order valence-electron chi connectivity index (χ0n) is 17.2. The van der Waals surface area contributed by atoms with Crippen LogP contribution < -0.4 is 0 Å². The van der Waals surface area contributed by atoms with Gasteiger partial charge in [-0.05, 0) is 12.1 Å². The van der Waals surface area contributed by atoms with E-state index in [4.69, 9.17) is 0 Å². The molecule has 0 saturated carbocycles. The molecule has 0 unspecified atom stereocenters. The van der Waals surface area contributed by atoms with E-state index >= 15 is 0 Å². The minimum atomic E-state index is -2.34. The van der Waals surface area contributed by atoms with Crippen LogP contribution in [0.3, 0.4) is 0 Å². The first-order chi connectivity index (χ1) is 16.3. The summed E-state index contributed by atoms with van der Waals surface area (Å²) in [7, 11) is 0. The fourth-order valence-corrected chi connectivity index (χ4v) is 3.31. The van der Waals surface area contributed by atoms with Crippen molar-refractivity contribution in [3.05, 3.63) is 101 Å². The lowest BCUT2D eigenvalue weighted by atomic mass is 9.93. The van der Waals surface area contributed by atoms with Crippen molar-refractivity contribution in [2.75, 3.05) is 0 Å². The number of nitrogens with zero attached hydrogens (tertiary/aromatic N) is 2. The highest BCUT2D eigenvalue weighted by atomic mass is 19.2. The predicted octanol–water partition coefficient (Wildman–Crippen LogP) is 5.94. The van der Waals surface area contributed by atoms with E-state index in [0.717, 1.165) is 0 Å². The molecule has 1 heterocycles. The van der Waals surface area contributed by atoms with E-state index in [1.165, 1.54) is 12.1 Å². The Kier molecular flexibility index (Phi) is 6.27. The molecule has 34 heavy (non-hydrogen) atoms. The summed E-state index contributed by atoms with van der Waals surface area (Å²) >= 11 is 0. The van der Waals surface area contributed by atoms with E-state index in [2.05, 4.69) is 9.98 Å². The Balaban J connectivity index is 1.82. The minimum absolute atomic E-state index is 0.0958. The van der Waals surface area contributed by atoms with Crippen LogP contribution in [0.5, 0.6) is 0 Å². The smallest absolute Gasteiger partial charge is 0.222 e. The van der Waals surface area contributed by atoms with Crippen molar-refractivity contribution in [1.82, 2.24) is 4.98 Å². The van der Waals surface area contributed by atoms with Gasteiger partial charge >= 0.3 is 0 Å². The fourth-order valence-electron chi connectivity index (χ4n) is 3.31. The Morgan fingerprint density at radius 1 is 0.882 bits per heavy atom. The number of carbonyl (C=O) groups is 2. The second-order valence-corrected chi connectivity index (χ2v) is 7.14. The van der Waals surface area contributed by atoms with Crippen LogP contribution in [0.15, 0.2) is 65.7 Å². The SMILES string of the molecule is O=C1CC=CC=C1c1ccc(-c2ccccc2)nc1C(=O)C=Nc1c(F)c(F)c(F)c(F)c1F. The van der Waals surface area contributed by atoms with Crippen molar-refractivity contribution in [3.8, 4) is 11.3 Å². The van der Waals surface area contributed by atoms with Crippen LogP contribution in [0.2, 0.25) is 0 Å². The number of rotatable bonds is 5. The summed E-state index contributed by atoms with van der Waals surface area (Å²) in [6.07, 6.45) is 5.24. The normalized spacial score (nSPS) is 13.4. The summed E-state index contributed by atoms with van der Waals surface area (Å²) in [4.78, 5) is 32.9. The molecule has 9 heteroatoms. The summed E-state index contributed by atoms with van der Waals surface area (Å²) in [5, 5.41) is 0. The van der Waals surface area contributed by atoms with Crippen LogP contribution in [-0.4, -0.2) is 22.8 Å². The van der Waals surface area contributed by atoms with Gasteiger partial charge in [0.1, 0.15) is 11.4 Å². The van der Waals surface area contributed by atoms with Gasteiger partial charge in [0.2, 0.25) is 11.6 Å². The average Bonchev–Trinajstić information content (AvgIpc) is 2.86. The highest BCUT2D eigenvalue weighted by Crippen LogP contribution is 2.30. The summed E-state index contributed by atoms with van der Waals surface area (Å²) in [5.41, 5.74) is -0.462. The summed E-state index contributed by atoms with van der Waals surface area (Å²) in [6.45, 7) is 0. The molecule has 0 bridgehead atoms. The van der Waals surface area contributed by atoms with E-state index in [1.54, 1.807) is 48.6 Å². The van der Waals surface area contributed by atoms with Gasteiger partial charge in [-0.1, -0.05) is 48.6 Å². The molecule has 2 aromatic carbocycles. The standard InChI is InChI=1S/C25H13F5N2O2/c26-19-20(27)22(29)25(23(30)21(19)28)31-12-18(34)24-15(14-8-4-5-9-17(14)33)10-11-16(32-24)13-6-2-1-3-7-13/h1-8,10-12H,9H2. The summed E-state index contributed by atoms with van der Waals surface area (Å²) in [5.74, 6) is -12.4. The molecule has 0 fully saturated rings. The molecule has 1 aliphatic carbocycles. The predicted molar refractivity (Wildman–Crippen MR) is 115 cm³/mol. The quantitative estimate of drug-likeness (QED) is 0.153. The Morgan fingerprint density at radius 3 is 2.18 bits per heavy atom. The van der Waals surface area contributed by atoms with Crippen LogP contribution in [0.4, 0.5) is 27.6 Å². The number of aliphatic imine (C=N–C) groups is 1. The number of hydrogen-bond donors (Lipinski definition) is 0. The number of pyridine rings is 1. The Bertz CT molecular complexity index is 1380. The maximum Gasteiger partial charge on any atom is 0.222 e. The van der Waals surface area contributed by atoms with Crippen molar-refractivity contribution >= 4 is 29.0 Å². The second-order valence-electron chi connectivity index (χ2n) is 7.14. The molecule has 0 N–H and O–H groups in total. The third-order valence-corrected chi connectivity index (χ3v) is 4.99. The highest BCUT2D eigenvalue weighted by Gasteiger charge is 2.26. The Labute approximate surface area is 189 Å². The lowest BCUT2D eigenvalue weighted by Crippen LogP contribution is -2.13. The maximum atomic E-state index is 13.9. The Hall–Kier alpha value is -4.27. The van der Waals surface area contributed by atoms with Gasteiger partial charge < -0.3 is 0 Å². The first-order valence-electron chi connectivity index (χ1n) is 9.86. The first kappa shape index (κ1) is 22.9. The van der Waals surface area contributed by atoms with Crippen molar-refractivity contribution in [3.63, 3.8) is 0 Å². The monoisotopic (exact) mass is 468 g/mol. The molecule has 0 radical (unpaired) electrons. The molecular weight excluding hydrogens is 455 g/mol. The van der Waals surface area contributed by atoms with E-state index in [-0.39, 0.29) is 29.0 Å². The number of benzene rings is 2. The van der Waals surface area contributed by atoms with Crippen LogP contribution in [0, 0.1) is 29.1 Å². The molecule has 1 aliphatic rings. The number of Topliss-reactive ketones (excluding diaryl/α,β-unsaturated/α-hetero) is 2. The molecule has 0 spiro atoms. The number of aromatic nitrogens is 1. The summed E-state index contributed by atoms with van der Waals surface area (Å²) < 4.78 is 68.1. The van der Waals surface area contributed by atoms with Gasteiger partial charge in [0.15, 0.2) is 29.1 Å². The van der Waals surface area contributed by atoms with Gasteiger partial charge in [0.05, 0.1) is 11.9 Å². The molecule has 0 aliphatic heterocycles. The average molecular weight is 468 g/mol. The second kappa shape index (κ2) is 9.30. The molecule has 4 rings (SSSR count). The van der Waals surface area contributed by atoms with Crippen molar-refractivity contribution in [2.45, 2.75) is 6.42 Å². The van der Waals surface area contributed by atoms with Gasteiger partial charge in [-0.2, -0.15) is 0 Å². The van der Waals surface area contributed by atoms with Crippen LogP contribution >= 0.6 is 0 Å². The highest BCUT2D eigenvalue weighted by molar-refractivity contribution is 6.37. The van der Waals surface area contributed by atoms with E-state index in [0.29, 0.717) is 17.5 Å². The van der Waals surface area contributed by atoms with Crippen LogP contribution in [0.25, 0.3) is 16.8 Å². The van der Waals surface area contributed by atoms with Gasteiger partial charge in [-0.25, -0.2) is 31.9 Å². The minimum Gasteiger partial charge on any atom is -0.294 e. The summed E-state index contributed by atoms with van der Waals surface area (Å²) in [6, 6.07) is 11.8. The van der Waals surface area contributed by atoms with Gasteiger partial charge in [0.25, 0.3) is 0 Å². The number of allylic oxidation sites excluding steroid dienone is 4. The number of hydrogen-bond acceptors (Lipinski definition) is 4. The molecule has 0 amide bonds. The molecule has 4 nitrogen and oxygen atoms in total. The Morgan fingerprint density at radius 2 is 1.53 bits per heavy atom. The van der Waals surface area contributed by atoms with Gasteiger partial charge in [0, 0.05) is 23.1 Å². The maximum absolute atomic E-state index is 13.9. The van der Waals surface area contributed by atoms with Crippen molar-refractivity contribution in [1.29, 1.82) is 0 Å². The van der Waals surface area contributed by atoms with Crippen LogP contribution in [0.1, 0.15) is 22.5 Å². The third-order valence-electron chi connectivity index (χ3n) is 4.99. The lowest BCUT2D eigenvalue weighted by molar-refractivity contribution is -0.113. The van der Waals surface area contributed by atoms with Crippen molar-refractivity contribution < 1.29 is 31.5 Å². The number of ketones is 2. The molecular formula is C25H13F5N2O2. The number of carbonyl (C=O) groups excluding carboxylic acids is 2. The zero-order chi connectivity index (χ0) is 24.4. The molecule has 0 saturated heterocycles. The van der Waals surface area contributed by atoms with Gasteiger partial charge in [-0.15, -0.1) is 0 Å². The zero-order valence-corrected chi connectivity index (χ0v) is 17.2. The van der Waals surface area contributed by atoms with Crippen LogP contribution in [-0.2, 0) is 4.79 Å². The molecule has 1 aromatic heterocycles. The topological polar surface area (TPSA) is 59.4 Å². The fraction of sp³-hybridized carbons (Fsp3) is 0.0400. The first-order valence-corrected chi connectivity index (χ1v) is 9.86. The lowest BCUT2D eigenvalue weighted by Gasteiger charge is -2.13. The van der Waals surface area contributed by atoms with Gasteiger partial charge in [-0.3, -0.25) is 9.59 Å². The third kappa shape index (κ3) is 4.19. The van der Waals surface area contributed by atoms with Crippen molar-refractivity contribution in [2.24, 2.45) is 4.99 Å². The van der Waals surface area contributed by atoms with E-state index in [9.17, 15) is 31.5 Å². The molecule has 170 valence electrons. The van der Waals surface area contributed by atoms with E-state index < -0.39 is 40.6 Å². The largest absolute Gasteiger partial charge is 0.294 e. The molecule has 3 aromatic rings. The number of halogens is 5. The van der Waals surface area contributed by atoms with E-state index in [1.807, 2.05) is 0 Å². The molecule has 0 atom stereocenters.